The van der Waals surface area contributed by atoms with E-state index >= 15 is 0 Å². The summed E-state index contributed by atoms with van der Waals surface area (Å²) in [7, 11) is 1.75. The van der Waals surface area contributed by atoms with E-state index < -0.39 is 0 Å². The number of carbonyl (C=O) groups is 2. The summed E-state index contributed by atoms with van der Waals surface area (Å²) in [5.41, 5.74) is 1.22. The second-order valence-electron chi connectivity index (χ2n) is 5.09. The first-order valence-electron chi connectivity index (χ1n) is 6.68. The zero-order chi connectivity index (χ0) is 15.0. The van der Waals surface area contributed by atoms with Crippen LogP contribution < -0.4 is 5.32 Å². The maximum absolute atomic E-state index is 12.2. The molecule has 7 nitrogen and oxygen atoms in total. The third kappa shape index (κ3) is 2.31. The van der Waals surface area contributed by atoms with E-state index in [0.29, 0.717) is 24.5 Å². The minimum atomic E-state index is -0.316. The number of nitrogens with one attached hydrogen (secondary N) is 1. The fourth-order valence-electron chi connectivity index (χ4n) is 2.48. The molecule has 1 aliphatic heterocycles. The van der Waals surface area contributed by atoms with Gasteiger partial charge in [-0.2, -0.15) is 0 Å². The maximum atomic E-state index is 12.2. The molecular weight excluding hydrogens is 272 g/mol. The van der Waals surface area contributed by atoms with Crippen molar-refractivity contribution in [3.8, 4) is 0 Å². The lowest BCUT2D eigenvalue weighted by molar-refractivity contribution is 0.0643. The molecule has 0 aromatic carbocycles. The normalized spacial score (nSPS) is 17.7. The largest absolute Gasteiger partial charge is 0.438 e. The van der Waals surface area contributed by atoms with Crippen molar-refractivity contribution in [2.75, 3.05) is 13.6 Å². The van der Waals surface area contributed by atoms with Crippen LogP contribution >= 0.6 is 0 Å². The first-order chi connectivity index (χ1) is 10.1. The number of carbonyl (C=O) groups excluding carboxylic acids is 2. The van der Waals surface area contributed by atoms with Gasteiger partial charge >= 0.3 is 0 Å². The fourth-order valence-corrected chi connectivity index (χ4v) is 2.48. The van der Waals surface area contributed by atoms with Gasteiger partial charge in [-0.1, -0.05) is 0 Å². The number of hydrogen-bond donors (Lipinski definition) is 1. The molecule has 0 bridgehead atoms. The van der Waals surface area contributed by atoms with Gasteiger partial charge in [0.15, 0.2) is 6.39 Å². The Morgan fingerprint density at radius 3 is 3.10 bits per heavy atom. The topological polar surface area (TPSA) is 80.4 Å². The predicted molar refractivity (Wildman–Crippen MR) is 73.9 cm³/mol. The van der Waals surface area contributed by atoms with Crippen LogP contribution in [0.25, 0.3) is 0 Å². The van der Waals surface area contributed by atoms with Crippen LogP contribution in [0.3, 0.4) is 0 Å². The van der Waals surface area contributed by atoms with Gasteiger partial charge in [-0.25, -0.2) is 4.98 Å². The van der Waals surface area contributed by atoms with Crippen molar-refractivity contribution in [2.45, 2.75) is 19.5 Å². The molecule has 0 fully saturated rings. The molecule has 0 saturated carbocycles. The highest BCUT2D eigenvalue weighted by Crippen LogP contribution is 2.16. The number of likely N-dealkylation sites (N-methyl/N-ethyl adjacent to an activating group) is 1. The van der Waals surface area contributed by atoms with Gasteiger partial charge in [0.1, 0.15) is 5.69 Å². The van der Waals surface area contributed by atoms with Crippen molar-refractivity contribution in [1.29, 1.82) is 0 Å². The summed E-state index contributed by atoms with van der Waals surface area (Å²) in [6.45, 7) is 2.72. The Labute approximate surface area is 121 Å². The molecule has 0 aliphatic carbocycles. The SMILES string of the molecule is Cc1ncoc1C(=O)NCC1Cn2cccc2C(=O)N1C. The first-order valence-corrected chi connectivity index (χ1v) is 6.68. The second-order valence-corrected chi connectivity index (χ2v) is 5.09. The van der Waals surface area contributed by atoms with Crippen LogP contribution in [0, 0.1) is 6.92 Å². The molecule has 2 amide bonds. The van der Waals surface area contributed by atoms with E-state index in [4.69, 9.17) is 4.42 Å². The Balaban J connectivity index is 1.68. The van der Waals surface area contributed by atoms with Gasteiger partial charge in [0.2, 0.25) is 5.76 Å². The number of amides is 2. The van der Waals surface area contributed by atoms with Crippen molar-refractivity contribution in [3.05, 3.63) is 41.9 Å². The van der Waals surface area contributed by atoms with E-state index in [0.717, 1.165) is 0 Å². The predicted octanol–water partition coefficient (Wildman–Crippen LogP) is 0.669. The number of nitrogens with zero attached hydrogens (tertiary/aromatic N) is 3. The summed E-state index contributed by atoms with van der Waals surface area (Å²) in [5, 5.41) is 2.79. The second kappa shape index (κ2) is 5.08. The molecule has 0 radical (unpaired) electrons. The zero-order valence-corrected chi connectivity index (χ0v) is 11.9. The number of aryl methyl sites for hydroxylation is 1. The average molecular weight is 288 g/mol. The van der Waals surface area contributed by atoms with Crippen molar-refractivity contribution >= 4 is 11.8 Å². The molecule has 3 heterocycles. The van der Waals surface area contributed by atoms with Gasteiger partial charge in [-0.3, -0.25) is 9.59 Å². The number of fused-ring (bicyclic) bond motifs is 1. The summed E-state index contributed by atoms with van der Waals surface area (Å²) in [4.78, 5) is 29.7. The van der Waals surface area contributed by atoms with Crippen LogP contribution in [-0.2, 0) is 6.54 Å². The first kappa shape index (κ1) is 13.4. The standard InChI is InChI=1S/C14H16N4O3/c1-9-12(21-8-16-9)13(19)15-6-10-7-18-5-3-4-11(18)14(20)17(10)2/h3-5,8,10H,6-7H2,1-2H3,(H,15,19). The summed E-state index contributed by atoms with van der Waals surface area (Å²) in [6.07, 6.45) is 3.11. The number of rotatable bonds is 3. The molecule has 2 aromatic rings. The fraction of sp³-hybridized carbons (Fsp3) is 0.357. The van der Waals surface area contributed by atoms with E-state index in [1.807, 2.05) is 16.8 Å². The number of oxazole rings is 1. The maximum Gasteiger partial charge on any atom is 0.289 e. The van der Waals surface area contributed by atoms with Crippen LogP contribution in [0.2, 0.25) is 0 Å². The molecule has 0 saturated heterocycles. The van der Waals surface area contributed by atoms with Crippen LogP contribution in [0.5, 0.6) is 0 Å². The van der Waals surface area contributed by atoms with Gasteiger partial charge in [0.05, 0.1) is 11.7 Å². The van der Waals surface area contributed by atoms with E-state index in [2.05, 4.69) is 10.3 Å². The molecule has 2 aromatic heterocycles. The molecule has 21 heavy (non-hydrogen) atoms. The minimum Gasteiger partial charge on any atom is -0.438 e. The zero-order valence-electron chi connectivity index (χ0n) is 11.9. The molecule has 1 atom stereocenters. The van der Waals surface area contributed by atoms with Crippen molar-refractivity contribution in [3.63, 3.8) is 0 Å². The lowest BCUT2D eigenvalue weighted by Gasteiger charge is -2.33. The van der Waals surface area contributed by atoms with E-state index in [-0.39, 0.29) is 23.6 Å². The molecule has 0 spiro atoms. The van der Waals surface area contributed by atoms with Gasteiger partial charge < -0.3 is 19.2 Å². The lowest BCUT2D eigenvalue weighted by atomic mass is 10.1. The summed E-state index contributed by atoms with van der Waals surface area (Å²) in [6, 6.07) is 3.55. The lowest BCUT2D eigenvalue weighted by Crippen LogP contribution is -2.50. The molecule has 3 rings (SSSR count). The van der Waals surface area contributed by atoms with Crippen molar-refractivity contribution < 1.29 is 14.0 Å². The number of aromatic nitrogens is 2. The Kier molecular flexibility index (Phi) is 3.25. The van der Waals surface area contributed by atoms with Gasteiger partial charge in [-0.05, 0) is 19.1 Å². The Morgan fingerprint density at radius 2 is 2.38 bits per heavy atom. The molecule has 1 aliphatic rings. The third-order valence-electron chi connectivity index (χ3n) is 3.77. The van der Waals surface area contributed by atoms with Gasteiger partial charge in [0.25, 0.3) is 11.8 Å². The smallest absolute Gasteiger partial charge is 0.289 e. The van der Waals surface area contributed by atoms with Crippen LogP contribution in [0.1, 0.15) is 26.7 Å². The highest BCUT2D eigenvalue weighted by Gasteiger charge is 2.29. The van der Waals surface area contributed by atoms with Crippen molar-refractivity contribution in [2.24, 2.45) is 0 Å². The molecular formula is C14H16N4O3. The third-order valence-corrected chi connectivity index (χ3v) is 3.77. The molecule has 7 heteroatoms. The van der Waals surface area contributed by atoms with Crippen LogP contribution in [0.4, 0.5) is 0 Å². The van der Waals surface area contributed by atoms with E-state index in [9.17, 15) is 9.59 Å². The van der Waals surface area contributed by atoms with Gasteiger partial charge in [-0.15, -0.1) is 0 Å². The summed E-state index contributed by atoms with van der Waals surface area (Å²) in [5.74, 6) is -0.146. The molecule has 1 unspecified atom stereocenters. The van der Waals surface area contributed by atoms with E-state index in [1.165, 1.54) is 6.39 Å². The Morgan fingerprint density at radius 1 is 1.57 bits per heavy atom. The number of hydrogen-bond acceptors (Lipinski definition) is 4. The van der Waals surface area contributed by atoms with Gasteiger partial charge in [0, 0.05) is 26.3 Å². The highest BCUT2D eigenvalue weighted by atomic mass is 16.3. The average Bonchev–Trinajstić information content (AvgIpc) is 3.09. The molecule has 1 N–H and O–H groups in total. The Hall–Kier alpha value is -2.57. The summed E-state index contributed by atoms with van der Waals surface area (Å²) < 4.78 is 6.95. The minimum absolute atomic E-state index is 0.0404. The molecule has 110 valence electrons. The highest BCUT2D eigenvalue weighted by molar-refractivity contribution is 5.94. The van der Waals surface area contributed by atoms with Crippen LogP contribution in [0.15, 0.2) is 29.1 Å². The quantitative estimate of drug-likeness (QED) is 0.900. The van der Waals surface area contributed by atoms with E-state index in [1.54, 1.807) is 24.9 Å². The van der Waals surface area contributed by atoms with Crippen molar-refractivity contribution in [1.82, 2.24) is 19.8 Å². The van der Waals surface area contributed by atoms with Crippen LogP contribution in [-0.4, -0.2) is 45.9 Å². The Bertz CT molecular complexity index is 688. The summed E-state index contributed by atoms with van der Waals surface area (Å²) >= 11 is 0. The monoisotopic (exact) mass is 288 g/mol.